The average Bonchev–Trinajstić information content (AvgIpc) is 3.59. The van der Waals surface area contributed by atoms with Crippen molar-refractivity contribution in [2.24, 2.45) is 11.8 Å². The van der Waals surface area contributed by atoms with Crippen molar-refractivity contribution in [1.82, 2.24) is 20.4 Å². The Labute approximate surface area is 223 Å². The second-order valence-corrected chi connectivity index (χ2v) is 10.5. The number of nitrogens with one attached hydrogen (secondary N) is 2. The smallest absolute Gasteiger partial charge is 0.324 e. The van der Waals surface area contributed by atoms with Crippen molar-refractivity contribution in [2.75, 3.05) is 42.9 Å². The number of anilines is 2. The van der Waals surface area contributed by atoms with E-state index < -0.39 is 0 Å². The van der Waals surface area contributed by atoms with Crippen LogP contribution in [0.1, 0.15) is 37.3 Å². The van der Waals surface area contributed by atoms with Crippen molar-refractivity contribution in [2.45, 2.75) is 39.7 Å². The molecule has 0 spiro atoms. The third kappa shape index (κ3) is 6.58. The fraction of sp³-hybridized carbons (Fsp3) is 0.448. The summed E-state index contributed by atoms with van der Waals surface area (Å²) >= 11 is 0. The highest BCUT2D eigenvalue weighted by molar-refractivity contribution is 5.89. The van der Waals surface area contributed by atoms with E-state index in [9.17, 15) is 9.59 Å². The van der Waals surface area contributed by atoms with Gasteiger partial charge in [0.05, 0.1) is 0 Å². The highest BCUT2D eigenvalue weighted by Gasteiger charge is 2.29. The molecule has 5 rings (SSSR count). The molecule has 2 fully saturated rings. The summed E-state index contributed by atoms with van der Waals surface area (Å²) < 4.78 is 5.52. The van der Waals surface area contributed by atoms with E-state index >= 15 is 0 Å². The molecule has 3 aromatic rings. The summed E-state index contributed by atoms with van der Waals surface area (Å²) in [5.41, 5.74) is 4.09. The predicted molar refractivity (Wildman–Crippen MR) is 147 cm³/mol. The van der Waals surface area contributed by atoms with Crippen LogP contribution in [-0.2, 0) is 16.1 Å². The molecule has 2 saturated heterocycles. The van der Waals surface area contributed by atoms with Crippen LogP contribution >= 0.6 is 0 Å². The number of piperidine rings is 1. The van der Waals surface area contributed by atoms with Crippen molar-refractivity contribution in [3.63, 3.8) is 0 Å². The lowest BCUT2D eigenvalue weighted by molar-refractivity contribution is -0.125. The predicted octanol–water partition coefficient (Wildman–Crippen LogP) is 3.86. The number of hydrogen-bond acceptors (Lipinski definition) is 7. The lowest BCUT2D eigenvalue weighted by Gasteiger charge is -2.30. The standard InChI is InChI=1S/C29H36N6O3/c1-20-6-8-22(9-7-20)18-34-13-10-23(19-34)17-30-28(37)24-11-14-35(15-12-24)29-32-27(33-38-29)25-4-3-5-26(16-25)31-21(2)36/h3-9,16,23-24H,10-15,17-19H2,1-2H3,(H,30,37)(H,31,36). The van der Waals surface area contributed by atoms with E-state index in [2.05, 4.69) is 56.9 Å². The lowest BCUT2D eigenvalue weighted by atomic mass is 9.96. The first kappa shape index (κ1) is 25.9. The second kappa shape index (κ2) is 11.8. The summed E-state index contributed by atoms with van der Waals surface area (Å²) in [7, 11) is 0. The molecule has 0 saturated carbocycles. The summed E-state index contributed by atoms with van der Waals surface area (Å²) in [4.78, 5) is 33.3. The van der Waals surface area contributed by atoms with Gasteiger partial charge in [-0.1, -0.05) is 47.1 Å². The molecular weight excluding hydrogens is 480 g/mol. The van der Waals surface area contributed by atoms with Gasteiger partial charge >= 0.3 is 6.01 Å². The first-order chi connectivity index (χ1) is 18.4. The molecule has 200 valence electrons. The molecule has 9 nitrogen and oxygen atoms in total. The summed E-state index contributed by atoms with van der Waals surface area (Å²) in [6.07, 6.45) is 2.63. The normalized spacial score (nSPS) is 18.5. The van der Waals surface area contributed by atoms with E-state index in [0.29, 0.717) is 36.5 Å². The Morgan fingerprint density at radius 1 is 1.05 bits per heavy atom. The number of aryl methyl sites for hydroxylation is 1. The number of rotatable bonds is 8. The lowest BCUT2D eigenvalue weighted by Crippen LogP contribution is -2.42. The van der Waals surface area contributed by atoms with Crippen LogP contribution in [0, 0.1) is 18.8 Å². The molecule has 2 aromatic carbocycles. The van der Waals surface area contributed by atoms with Gasteiger partial charge in [-0.25, -0.2) is 0 Å². The Balaban J connectivity index is 1.06. The number of amides is 2. The topological polar surface area (TPSA) is 104 Å². The number of carbonyl (C=O) groups is 2. The molecule has 2 amide bonds. The number of benzene rings is 2. The minimum absolute atomic E-state index is 0.00745. The minimum atomic E-state index is -0.133. The number of likely N-dealkylation sites (tertiary alicyclic amines) is 1. The zero-order valence-corrected chi connectivity index (χ0v) is 22.2. The SMILES string of the molecule is CC(=O)Nc1cccc(-c2noc(N3CCC(C(=O)NCC4CCN(Cc5ccc(C)cc5)C4)CC3)n2)c1. The van der Waals surface area contributed by atoms with Gasteiger partial charge in [0.25, 0.3) is 0 Å². The molecule has 0 aliphatic carbocycles. The summed E-state index contributed by atoms with van der Waals surface area (Å²) in [5.74, 6) is 1.01. The van der Waals surface area contributed by atoms with Gasteiger partial charge in [-0.2, -0.15) is 4.98 Å². The van der Waals surface area contributed by atoms with E-state index in [-0.39, 0.29) is 17.7 Å². The summed E-state index contributed by atoms with van der Waals surface area (Å²) in [5, 5.41) is 10.1. The second-order valence-electron chi connectivity index (χ2n) is 10.5. The molecular formula is C29H36N6O3. The average molecular weight is 517 g/mol. The van der Waals surface area contributed by atoms with E-state index in [0.717, 1.165) is 51.0 Å². The highest BCUT2D eigenvalue weighted by Crippen LogP contribution is 2.26. The van der Waals surface area contributed by atoms with Gasteiger partial charge in [-0.05, 0) is 56.3 Å². The Morgan fingerprint density at radius 2 is 1.84 bits per heavy atom. The maximum atomic E-state index is 12.9. The molecule has 1 aromatic heterocycles. The molecule has 38 heavy (non-hydrogen) atoms. The highest BCUT2D eigenvalue weighted by atomic mass is 16.5. The van der Waals surface area contributed by atoms with Crippen LogP contribution in [0.4, 0.5) is 11.7 Å². The van der Waals surface area contributed by atoms with Gasteiger partial charge in [0.15, 0.2) is 0 Å². The van der Waals surface area contributed by atoms with Gasteiger partial charge in [0, 0.05) is 56.8 Å². The fourth-order valence-electron chi connectivity index (χ4n) is 5.30. The minimum Gasteiger partial charge on any atom is -0.356 e. The summed E-state index contributed by atoms with van der Waals surface area (Å²) in [6.45, 7) is 8.80. The zero-order valence-electron chi connectivity index (χ0n) is 22.2. The zero-order chi connectivity index (χ0) is 26.5. The Bertz CT molecular complexity index is 1250. The third-order valence-corrected chi connectivity index (χ3v) is 7.45. The molecule has 9 heteroatoms. The largest absolute Gasteiger partial charge is 0.356 e. The van der Waals surface area contributed by atoms with Crippen molar-refractivity contribution in [1.29, 1.82) is 0 Å². The monoisotopic (exact) mass is 516 g/mol. The van der Waals surface area contributed by atoms with Gasteiger partial charge in [0.1, 0.15) is 0 Å². The van der Waals surface area contributed by atoms with Crippen LogP contribution in [0.15, 0.2) is 53.1 Å². The maximum absolute atomic E-state index is 12.9. The summed E-state index contributed by atoms with van der Waals surface area (Å²) in [6, 6.07) is 16.6. The number of aromatic nitrogens is 2. The quantitative estimate of drug-likeness (QED) is 0.469. The van der Waals surface area contributed by atoms with Crippen molar-refractivity contribution in [3.05, 3.63) is 59.7 Å². The van der Waals surface area contributed by atoms with Crippen LogP contribution in [0.5, 0.6) is 0 Å². The van der Waals surface area contributed by atoms with Gasteiger partial charge in [-0.15, -0.1) is 0 Å². The third-order valence-electron chi connectivity index (χ3n) is 7.45. The van der Waals surface area contributed by atoms with Crippen LogP contribution in [-0.4, -0.2) is 59.6 Å². The van der Waals surface area contributed by atoms with Crippen LogP contribution in [0.25, 0.3) is 11.4 Å². The van der Waals surface area contributed by atoms with Gasteiger partial charge < -0.3 is 20.1 Å². The van der Waals surface area contributed by atoms with Crippen molar-refractivity contribution in [3.8, 4) is 11.4 Å². The molecule has 2 aliphatic rings. The Hall–Kier alpha value is -3.72. The van der Waals surface area contributed by atoms with E-state index in [1.165, 1.54) is 18.1 Å². The fourth-order valence-corrected chi connectivity index (χ4v) is 5.30. The van der Waals surface area contributed by atoms with Crippen LogP contribution in [0.3, 0.4) is 0 Å². The number of nitrogens with zero attached hydrogens (tertiary/aromatic N) is 4. The van der Waals surface area contributed by atoms with Crippen LogP contribution < -0.4 is 15.5 Å². The van der Waals surface area contributed by atoms with Crippen LogP contribution in [0.2, 0.25) is 0 Å². The van der Waals surface area contributed by atoms with Crippen molar-refractivity contribution < 1.29 is 14.1 Å². The first-order valence-corrected chi connectivity index (χ1v) is 13.5. The van der Waals surface area contributed by atoms with E-state index in [4.69, 9.17) is 4.52 Å². The van der Waals surface area contributed by atoms with E-state index in [1.807, 2.05) is 29.2 Å². The Morgan fingerprint density at radius 3 is 2.61 bits per heavy atom. The maximum Gasteiger partial charge on any atom is 0.324 e. The molecule has 1 atom stereocenters. The molecule has 2 N–H and O–H groups in total. The Kier molecular flexibility index (Phi) is 8.03. The molecule has 1 unspecified atom stereocenters. The number of carbonyl (C=O) groups excluding carboxylic acids is 2. The molecule has 2 aliphatic heterocycles. The van der Waals surface area contributed by atoms with Gasteiger partial charge in [0.2, 0.25) is 17.6 Å². The number of hydrogen-bond donors (Lipinski definition) is 2. The molecule has 3 heterocycles. The molecule has 0 radical (unpaired) electrons. The van der Waals surface area contributed by atoms with Crippen molar-refractivity contribution >= 4 is 23.5 Å². The first-order valence-electron chi connectivity index (χ1n) is 13.5. The van der Waals surface area contributed by atoms with Gasteiger partial charge in [-0.3, -0.25) is 14.5 Å². The molecule has 0 bridgehead atoms. The van der Waals surface area contributed by atoms with E-state index in [1.54, 1.807) is 0 Å².